The van der Waals surface area contributed by atoms with E-state index in [1.807, 2.05) is 0 Å². The fraction of sp³-hybridized carbons (Fsp3) is 0.389. The lowest BCUT2D eigenvalue weighted by molar-refractivity contribution is -0.123. The molecule has 1 N–H and O–H groups in total. The Morgan fingerprint density at radius 2 is 1.89 bits per heavy atom. The molecular formula is C18H21F2N3O5. The maximum atomic E-state index is 12.4. The summed E-state index contributed by atoms with van der Waals surface area (Å²) in [6.07, 6.45) is -1.10. The molecule has 0 bridgehead atoms. The van der Waals surface area contributed by atoms with E-state index in [4.69, 9.17) is 9.47 Å². The number of carbonyl (C=O) groups is 2. The van der Waals surface area contributed by atoms with Crippen molar-refractivity contribution in [1.29, 1.82) is 0 Å². The smallest absolute Gasteiger partial charge is 0.387 e. The van der Waals surface area contributed by atoms with E-state index >= 15 is 0 Å². The first-order chi connectivity index (χ1) is 13.1. The quantitative estimate of drug-likeness (QED) is 0.723. The van der Waals surface area contributed by atoms with Gasteiger partial charge < -0.3 is 19.5 Å². The number of halogens is 2. The number of aromatic nitrogens is 2. The fourth-order valence-corrected chi connectivity index (χ4v) is 2.45. The molecule has 0 spiro atoms. The van der Waals surface area contributed by atoms with Crippen molar-refractivity contribution in [2.24, 2.45) is 7.05 Å². The lowest BCUT2D eigenvalue weighted by Gasteiger charge is -2.15. The molecule has 2 rings (SSSR count). The summed E-state index contributed by atoms with van der Waals surface area (Å²) in [5.41, 5.74) is 1.95. The fourth-order valence-electron chi connectivity index (χ4n) is 2.45. The molecule has 1 amide bonds. The van der Waals surface area contributed by atoms with E-state index in [9.17, 15) is 18.4 Å². The number of anilines is 1. The Morgan fingerprint density at radius 3 is 2.43 bits per heavy atom. The van der Waals surface area contributed by atoms with Crippen molar-refractivity contribution in [2.75, 3.05) is 12.4 Å². The van der Waals surface area contributed by atoms with Gasteiger partial charge >= 0.3 is 12.6 Å². The first kappa shape index (κ1) is 21.1. The molecule has 1 aromatic heterocycles. The largest absolute Gasteiger partial charge is 0.493 e. The number of benzene rings is 1. The van der Waals surface area contributed by atoms with Crippen LogP contribution in [0.2, 0.25) is 0 Å². The van der Waals surface area contributed by atoms with Crippen LogP contribution in [-0.2, 0) is 16.6 Å². The maximum absolute atomic E-state index is 12.4. The minimum Gasteiger partial charge on any atom is -0.493 e. The van der Waals surface area contributed by atoms with Gasteiger partial charge in [-0.05, 0) is 39.0 Å². The number of esters is 1. The monoisotopic (exact) mass is 397 g/mol. The van der Waals surface area contributed by atoms with Crippen LogP contribution in [0.4, 0.5) is 14.5 Å². The highest BCUT2D eigenvalue weighted by Crippen LogP contribution is 2.30. The third-order valence-corrected chi connectivity index (χ3v) is 4.03. The van der Waals surface area contributed by atoms with Crippen LogP contribution in [0.1, 0.15) is 28.7 Å². The summed E-state index contributed by atoms with van der Waals surface area (Å²) in [6.45, 7) is 1.92. The van der Waals surface area contributed by atoms with E-state index in [2.05, 4.69) is 15.2 Å². The average Bonchev–Trinajstić information content (AvgIpc) is 2.87. The van der Waals surface area contributed by atoms with Crippen molar-refractivity contribution in [1.82, 2.24) is 9.78 Å². The number of hydrogen-bond acceptors (Lipinski definition) is 6. The van der Waals surface area contributed by atoms with E-state index in [-0.39, 0.29) is 17.1 Å². The van der Waals surface area contributed by atoms with Gasteiger partial charge in [0.15, 0.2) is 17.6 Å². The number of amides is 1. The number of methoxy groups -OCH3 is 1. The number of alkyl halides is 2. The topological polar surface area (TPSA) is 91.7 Å². The molecule has 0 fully saturated rings. The lowest BCUT2D eigenvalue weighted by atomic mass is 10.2. The first-order valence-corrected chi connectivity index (χ1v) is 8.29. The molecule has 1 heterocycles. The molecule has 8 nitrogen and oxygen atoms in total. The van der Waals surface area contributed by atoms with E-state index in [1.165, 1.54) is 26.2 Å². The molecular weight excluding hydrogens is 376 g/mol. The van der Waals surface area contributed by atoms with Gasteiger partial charge in [-0.1, -0.05) is 0 Å². The number of nitrogens with zero attached hydrogens (tertiary/aromatic N) is 2. The molecule has 1 aromatic carbocycles. The Labute approximate surface area is 160 Å². The summed E-state index contributed by atoms with van der Waals surface area (Å²) in [5, 5.41) is 6.88. The van der Waals surface area contributed by atoms with Crippen molar-refractivity contribution in [2.45, 2.75) is 33.5 Å². The Hall–Kier alpha value is -3.17. The van der Waals surface area contributed by atoms with Gasteiger partial charge in [-0.3, -0.25) is 9.48 Å². The van der Waals surface area contributed by atoms with Gasteiger partial charge in [0.1, 0.15) is 0 Å². The molecule has 0 saturated heterocycles. The van der Waals surface area contributed by atoms with Crippen molar-refractivity contribution in [3.8, 4) is 11.5 Å². The highest BCUT2D eigenvalue weighted by Gasteiger charge is 2.22. The van der Waals surface area contributed by atoms with Gasteiger partial charge in [-0.2, -0.15) is 13.9 Å². The van der Waals surface area contributed by atoms with Crippen LogP contribution < -0.4 is 14.8 Å². The Bertz CT molecular complexity index is 882. The predicted molar refractivity (Wildman–Crippen MR) is 95.8 cm³/mol. The van der Waals surface area contributed by atoms with Gasteiger partial charge in [0, 0.05) is 7.05 Å². The summed E-state index contributed by atoms with van der Waals surface area (Å²) in [7, 11) is 2.99. The number of nitrogens with one attached hydrogen (secondary N) is 1. The Kier molecular flexibility index (Phi) is 6.55. The van der Waals surface area contributed by atoms with Crippen LogP contribution in [0.3, 0.4) is 0 Å². The third-order valence-electron chi connectivity index (χ3n) is 4.03. The number of carbonyl (C=O) groups excluding carboxylic acids is 2. The van der Waals surface area contributed by atoms with Crippen molar-refractivity contribution >= 4 is 17.6 Å². The number of rotatable bonds is 7. The predicted octanol–water partition coefficient (Wildman–Crippen LogP) is 2.83. The van der Waals surface area contributed by atoms with Gasteiger partial charge in [-0.25, -0.2) is 4.79 Å². The highest BCUT2D eigenvalue weighted by molar-refractivity contribution is 5.98. The standard InChI is InChI=1S/C18H21F2N3O5/c1-9-15(10(2)23(4)22-9)21-16(24)11(3)27-17(25)12-6-7-13(28-18(19)20)14(8-12)26-5/h6-8,11,18H,1-5H3,(H,21,24)/t11-/m1/s1. The summed E-state index contributed by atoms with van der Waals surface area (Å²) in [6, 6.07) is 3.59. The SMILES string of the molecule is COc1cc(C(=O)O[C@H](C)C(=O)Nc2c(C)nn(C)c2C)ccc1OC(F)F. The zero-order chi connectivity index (χ0) is 21.0. The van der Waals surface area contributed by atoms with E-state index < -0.39 is 24.6 Å². The number of aryl methyl sites for hydroxylation is 2. The van der Waals surface area contributed by atoms with E-state index in [0.717, 1.165) is 11.8 Å². The van der Waals surface area contributed by atoms with Crippen molar-refractivity contribution in [3.63, 3.8) is 0 Å². The molecule has 28 heavy (non-hydrogen) atoms. The molecule has 0 unspecified atom stereocenters. The second-order valence-corrected chi connectivity index (χ2v) is 5.95. The zero-order valence-corrected chi connectivity index (χ0v) is 16.1. The third kappa shape index (κ3) is 4.76. The minimum absolute atomic E-state index is 0.0202. The van der Waals surface area contributed by atoms with Gasteiger partial charge in [-0.15, -0.1) is 0 Å². The second kappa shape index (κ2) is 8.68. The second-order valence-electron chi connectivity index (χ2n) is 5.95. The first-order valence-electron chi connectivity index (χ1n) is 8.29. The van der Waals surface area contributed by atoms with Crippen LogP contribution in [0.15, 0.2) is 18.2 Å². The van der Waals surface area contributed by atoms with Crippen LogP contribution in [0, 0.1) is 13.8 Å². The van der Waals surface area contributed by atoms with Crippen LogP contribution in [-0.4, -0.2) is 41.5 Å². The van der Waals surface area contributed by atoms with Gasteiger partial charge in [0.25, 0.3) is 5.91 Å². The summed E-state index contributed by atoms with van der Waals surface area (Å²) < 4.78 is 40.8. The lowest BCUT2D eigenvalue weighted by Crippen LogP contribution is -2.30. The summed E-state index contributed by atoms with van der Waals surface area (Å²) >= 11 is 0. The summed E-state index contributed by atoms with van der Waals surface area (Å²) in [5.74, 6) is -1.63. The zero-order valence-electron chi connectivity index (χ0n) is 16.1. The maximum Gasteiger partial charge on any atom is 0.387 e. The van der Waals surface area contributed by atoms with Gasteiger partial charge in [0.2, 0.25) is 0 Å². The number of ether oxygens (including phenoxy) is 3. The van der Waals surface area contributed by atoms with Crippen LogP contribution in [0.5, 0.6) is 11.5 Å². The molecule has 0 radical (unpaired) electrons. The molecule has 0 aliphatic carbocycles. The molecule has 0 aliphatic heterocycles. The molecule has 0 saturated carbocycles. The van der Waals surface area contributed by atoms with Crippen molar-refractivity contribution < 1.29 is 32.6 Å². The highest BCUT2D eigenvalue weighted by atomic mass is 19.3. The molecule has 0 aliphatic rings. The molecule has 1 atom stereocenters. The Balaban J connectivity index is 2.08. The minimum atomic E-state index is -3.03. The normalized spacial score (nSPS) is 11.9. The van der Waals surface area contributed by atoms with E-state index in [1.54, 1.807) is 25.6 Å². The molecule has 152 valence electrons. The molecule has 10 heteroatoms. The summed E-state index contributed by atoms with van der Waals surface area (Å²) in [4.78, 5) is 24.6. The van der Waals surface area contributed by atoms with E-state index in [0.29, 0.717) is 11.4 Å². The van der Waals surface area contributed by atoms with Crippen molar-refractivity contribution in [3.05, 3.63) is 35.2 Å². The average molecular weight is 397 g/mol. The van der Waals surface area contributed by atoms with Crippen LogP contribution in [0.25, 0.3) is 0 Å². The Morgan fingerprint density at radius 1 is 1.21 bits per heavy atom. The number of hydrogen-bond donors (Lipinski definition) is 1. The van der Waals surface area contributed by atoms with Crippen LogP contribution >= 0.6 is 0 Å². The van der Waals surface area contributed by atoms with Gasteiger partial charge in [0.05, 0.1) is 29.7 Å². The molecule has 2 aromatic rings.